The van der Waals surface area contributed by atoms with Gasteiger partial charge in [-0.3, -0.25) is 4.79 Å². The topological polar surface area (TPSA) is 82.1 Å². The number of ether oxygens (including phenoxy) is 2. The van der Waals surface area contributed by atoms with Gasteiger partial charge < -0.3 is 19.0 Å². The van der Waals surface area contributed by atoms with Crippen molar-refractivity contribution in [1.29, 1.82) is 0 Å². The second kappa shape index (κ2) is 8.72. The normalized spacial score (nSPS) is 16.0. The van der Waals surface area contributed by atoms with Crippen LogP contribution in [0.5, 0.6) is 0 Å². The van der Waals surface area contributed by atoms with Gasteiger partial charge in [0.15, 0.2) is 19.7 Å². The van der Waals surface area contributed by atoms with Crippen LogP contribution in [0, 0.1) is 5.41 Å². The molecule has 0 heterocycles. The van der Waals surface area contributed by atoms with E-state index in [1.807, 2.05) is 0 Å². The van der Waals surface area contributed by atoms with Crippen LogP contribution in [-0.4, -0.2) is 56.2 Å². The molecule has 1 N–H and O–H groups in total. The molecule has 0 amide bonds. The van der Waals surface area contributed by atoms with E-state index in [0.29, 0.717) is 0 Å². The third-order valence-corrected chi connectivity index (χ3v) is 9.04. The van der Waals surface area contributed by atoms with Crippen molar-refractivity contribution in [1.82, 2.24) is 0 Å². The number of Topliss-reactive ketones (excluding diaryl/α,β-unsaturated/α-hetero) is 1. The molecule has 1 unspecified atom stereocenters. The third-order valence-electron chi connectivity index (χ3n) is 4.56. The zero-order valence-electron chi connectivity index (χ0n) is 19.1. The van der Waals surface area contributed by atoms with Gasteiger partial charge in [-0.25, -0.2) is 4.79 Å². The second-order valence-electron chi connectivity index (χ2n) is 10.7. The first-order chi connectivity index (χ1) is 11.7. The maximum absolute atomic E-state index is 12.8. The minimum absolute atomic E-state index is 0.0595. The van der Waals surface area contributed by atoms with Crippen LogP contribution in [0.25, 0.3) is 0 Å². The molecule has 0 aliphatic heterocycles. The summed E-state index contributed by atoms with van der Waals surface area (Å²) < 4.78 is 16.6. The Kier molecular flexibility index (Phi) is 8.47. The summed E-state index contributed by atoms with van der Waals surface area (Å²) >= 11 is 0. The lowest BCUT2D eigenvalue weighted by atomic mass is 9.81. The van der Waals surface area contributed by atoms with Crippen LogP contribution in [0.2, 0.25) is 18.1 Å². The number of hydrogen-bond acceptors (Lipinski definition) is 6. The van der Waals surface area contributed by atoms with Crippen molar-refractivity contribution in [3.63, 3.8) is 0 Å². The fourth-order valence-electron chi connectivity index (χ4n) is 2.06. The molecule has 0 aromatic heterocycles. The Morgan fingerprint density at radius 1 is 0.889 bits per heavy atom. The maximum Gasteiger partial charge on any atom is 0.332 e. The van der Waals surface area contributed by atoms with Crippen LogP contribution < -0.4 is 0 Å². The van der Waals surface area contributed by atoms with Crippen LogP contribution in [0.3, 0.4) is 0 Å². The van der Waals surface area contributed by atoms with E-state index in [4.69, 9.17) is 13.9 Å². The number of carbonyl (C=O) groups is 2. The van der Waals surface area contributed by atoms with E-state index < -0.39 is 30.9 Å². The van der Waals surface area contributed by atoms with E-state index in [0.717, 1.165) is 0 Å². The monoisotopic (exact) mass is 404 g/mol. The highest BCUT2D eigenvalue weighted by Crippen LogP contribution is 2.37. The smallest absolute Gasteiger partial charge is 0.332 e. The minimum atomic E-state index is -2.17. The van der Waals surface area contributed by atoms with E-state index in [9.17, 15) is 14.7 Å². The van der Waals surface area contributed by atoms with E-state index in [1.165, 1.54) is 0 Å². The molecule has 0 spiro atoms. The van der Waals surface area contributed by atoms with Crippen molar-refractivity contribution in [2.24, 2.45) is 5.41 Å². The lowest BCUT2D eigenvalue weighted by molar-refractivity contribution is -0.169. The molecule has 0 rings (SSSR count). The molecule has 0 fully saturated rings. The van der Waals surface area contributed by atoms with Gasteiger partial charge in [0.05, 0.1) is 13.2 Å². The Balaban J connectivity index is 5.19. The standard InChI is InChI=1S/C20H40O6Si/c1-17(2,3)16(22)20(23,14-25-27(10,11)19(7,8)9)13-24-12-15(21)26-18(4,5)6/h23H,12-14H2,1-11H3. The highest BCUT2D eigenvalue weighted by molar-refractivity contribution is 6.74. The molecule has 1 atom stereocenters. The fraction of sp³-hybridized carbons (Fsp3) is 0.900. The first-order valence-corrected chi connectivity index (χ1v) is 12.3. The van der Waals surface area contributed by atoms with Crippen LogP contribution in [-0.2, 0) is 23.5 Å². The molecule has 0 saturated heterocycles. The molecule has 160 valence electrons. The molecule has 0 aromatic carbocycles. The van der Waals surface area contributed by atoms with E-state index in [2.05, 4.69) is 33.9 Å². The van der Waals surface area contributed by atoms with Crippen molar-refractivity contribution in [2.75, 3.05) is 19.8 Å². The van der Waals surface area contributed by atoms with Crippen molar-refractivity contribution < 1.29 is 28.6 Å². The summed E-state index contributed by atoms with van der Waals surface area (Å²) in [5.41, 5.74) is -3.22. The molecule has 6 nitrogen and oxygen atoms in total. The lowest BCUT2D eigenvalue weighted by Crippen LogP contribution is -2.55. The second-order valence-corrected chi connectivity index (χ2v) is 15.5. The van der Waals surface area contributed by atoms with Gasteiger partial charge >= 0.3 is 5.97 Å². The highest BCUT2D eigenvalue weighted by Gasteiger charge is 2.46. The first kappa shape index (κ1) is 26.2. The fourth-order valence-corrected chi connectivity index (χ4v) is 3.09. The first-order valence-electron chi connectivity index (χ1n) is 9.42. The number of ketones is 1. The van der Waals surface area contributed by atoms with Crippen LogP contribution in [0.15, 0.2) is 0 Å². The minimum Gasteiger partial charge on any atom is -0.458 e. The largest absolute Gasteiger partial charge is 0.458 e. The SMILES string of the molecule is CC(C)(C)OC(=O)COCC(O)(CO[Si](C)(C)C(C)(C)C)C(=O)C(C)(C)C. The van der Waals surface area contributed by atoms with Crippen LogP contribution >= 0.6 is 0 Å². The van der Waals surface area contributed by atoms with Crippen molar-refractivity contribution >= 4 is 20.1 Å². The molecule has 27 heavy (non-hydrogen) atoms. The van der Waals surface area contributed by atoms with E-state index in [-0.39, 0.29) is 30.6 Å². The molecule has 0 aliphatic carbocycles. The Hall–Kier alpha value is -0.763. The summed E-state index contributed by atoms with van der Waals surface area (Å²) in [5.74, 6) is -0.920. The zero-order chi connectivity index (χ0) is 21.9. The number of rotatable bonds is 8. The average molecular weight is 405 g/mol. The Morgan fingerprint density at radius 3 is 1.74 bits per heavy atom. The van der Waals surface area contributed by atoms with Gasteiger partial charge in [0.1, 0.15) is 12.2 Å². The number of aliphatic hydroxyl groups is 1. The predicted octanol–water partition coefficient (Wildman–Crippen LogP) is 3.71. The average Bonchev–Trinajstić information content (AvgIpc) is 2.40. The van der Waals surface area contributed by atoms with E-state index in [1.54, 1.807) is 41.5 Å². The predicted molar refractivity (Wildman–Crippen MR) is 109 cm³/mol. The van der Waals surface area contributed by atoms with Gasteiger partial charge in [-0.15, -0.1) is 0 Å². The Labute approximate surface area is 166 Å². The quantitative estimate of drug-likeness (QED) is 0.490. The van der Waals surface area contributed by atoms with Gasteiger partial charge in [-0.2, -0.15) is 0 Å². The molecular formula is C20H40O6Si. The maximum atomic E-state index is 12.8. The number of hydrogen-bond donors (Lipinski definition) is 1. The molecule has 0 aliphatic rings. The van der Waals surface area contributed by atoms with Gasteiger partial charge in [0.25, 0.3) is 0 Å². The van der Waals surface area contributed by atoms with Crippen molar-refractivity contribution in [2.45, 2.75) is 91.6 Å². The third kappa shape index (κ3) is 8.85. The molecule has 0 bridgehead atoms. The van der Waals surface area contributed by atoms with Crippen LogP contribution in [0.1, 0.15) is 62.3 Å². The van der Waals surface area contributed by atoms with Gasteiger partial charge in [0.2, 0.25) is 0 Å². The molecular weight excluding hydrogens is 364 g/mol. The van der Waals surface area contributed by atoms with E-state index >= 15 is 0 Å². The highest BCUT2D eigenvalue weighted by atomic mass is 28.4. The summed E-state index contributed by atoms with van der Waals surface area (Å²) in [6.45, 7) is 20.0. The van der Waals surface area contributed by atoms with Crippen LogP contribution in [0.4, 0.5) is 0 Å². The Bertz CT molecular complexity index is 522. The van der Waals surface area contributed by atoms with Gasteiger partial charge in [-0.05, 0) is 38.9 Å². The summed E-state index contributed by atoms with van der Waals surface area (Å²) in [5, 5.41) is 11.0. The van der Waals surface area contributed by atoms with Crippen molar-refractivity contribution in [3.05, 3.63) is 0 Å². The summed E-state index contributed by atoms with van der Waals surface area (Å²) in [7, 11) is -2.17. The summed E-state index contributed by atoms with van der Waals surface area (Å²) in [4.78, 5) is 24.7. The summed E-state index contributed by atoms with van der Waals surface area (Å²) in [6.07, 6.45) is 0. The van der Waals surface area contributed by atoms with Gasteiger partial charge in [0, 0.05) is 5.41 Å². The van der Waals surface area contributed by atoms with Gasteiger partial charge in [-0.1, -0.05) is 41.5 Å². The molecule has 0 aromatic rings. The van der Waals surface area contributed by atoms with Crippen molar-refractivity contribution in [3.8, 4) is 0 Å². The number of esters is 1. The molecule has 0 saturated carbocycles. The molecule has 0 radical (unpaired) electrons. The molecule has 7 heteroatoms. The Morgan fingerprint density at radius 2 is 1.37 bits per heavy atom. The number of carbonyl (C=O) groups excluding carboxylic acids is 2. The summed E-state index contributed by atoms with van der Waals surface area (Å²) in [6, 6.07) is 0. The lowest BCUT2D eigenvalue weighted by Gasteiger charge is -2.40. The zero-order valence-corrected chi connectivity index (χ0v) is 20.1.